The van der Waals surface area contributed by atoms with E-state index in [2.05, 4.69) is 12.1 Å². The van der Waals surface area contributed by atoms with E-state index in [1.807, 2.05) is 28.2 Å². The fourth-order valence-corrected chi connectivity index (χ4v) is 3.41. The van der Waals surface area contributed by atoms with Crippen LogP contribution < -0.4 is 0 Å². The summed E-state index contributed by atoms with van der Waals surface area (Å²) >= 11 is 1.70. The van der Waals surface area contributed by atoms with Crippen molar-refractivity contribution in [1.29, 1.82) is 0 Å². The number of carbonyl (C=O) groups is 2. The van der Waals surface area contributed by atoms with E-state index in [9.17, 15) is 9.59 Å². The molecule has 5 heteroatoms. The minimum Gasteiger partial charge on any atom is -0.341 e. The Kier molecular flexibility index (Phi) is 5.26. The molecule has 3 rings (SSSR count). The van der Waals surface area contributed by atoms with Crippen LogP contribution in [-0.4, -0.2) is 54.0 Å². The number of thioether (sulfide) groups is 1. The molecule has 0 N–H and O–H groups in total. The van der Waals surface area contributed by atoms with Gasteiger partial charge in [0, 0.05) is 37.0 Å². The summed E-state index contributed by atoms with van der Waals surface area (Å²) < 4.78 is 0. The molecule has 0 atom stereocenters. The third-order valence-corrected chi connectivity index (χ3v) is 5.34. The number of carbonyl (C=O) groups excluding carboxylic acids is 2. The van der Waals surface area contributed by atoms with Gasteiger partial charge in [0.1, 0.15) is 0 Å². The molecule has 2 fully saturated rings. The Morgan fingerprint density at radius 1 is 1.04 bits per heavy atom. The second-order valence-electron chi connectivity index (χ2n) is 6.36. The molecule has 1 aliphatic carbocycles. The van der Waals surface area contributed by atoms with Gasteiger partial charge in [-0.25, -0.2) is 0 Å². The van der Waals surface area contributed by atoms with Gasteiger partial charge < -0.3 is 9.80 Å². The Labute approximate surface area is 142 Å². The first kappa shape index (κ1) is 16.4. The maximum atomic E-state index is 12.5. The lowest BCUT2D eigenvalue weighted by Crippen LogP contribution is -2.38. The van der Waals surface area contributed by atoms with Crippen LogP contribution in [0.15, 0.2) is 29.2 Å². The van der Waals surface area contributed by atoms with Gasteiger partial charge in [0.2, 0.25) is 11.8 Å². The van der Waals surface area contributed by atoms with Gasteiger partial charge >= 0.3 is 0 Å². The van der Waals surface area contributed by atoms with Gasteiger partial charge in [0.05, 0.1) is 6.42 Å². The smallest absolute Gasteiger partial charge is 0.227 e. The summed E-state index contributed by atoms with van der Waals surface area (Å²) in [7, 11) is 0. The molecule has 1 saturated carbocycles. The summed E-state index contributed by atoms with van der Waals surface area (Å²) in [6.45, 7) is 2.91. The van der Waals surface area contributed by atoms with Gasteiger partial charge in [0.15, 0.2) is 0 Å². The van der Waals surface area contributed by atoms with E-state index >= 15 is 0 Å². The summed E-state index contributed by atoms with van der Waals surface area (Å²) in [5.41, 5.74) is 1.06. The van der Waals surface area contributed by atoms with Gasteiger partial charge in [-0.05, 0) is 43.2 Å². The second-order valence-corrected chi connectivity index (χ2v) is 7.24. The highest BCUT2D eigenvalue weighted by molar-refractivity contribution is 7.98. The van der Waals surface area contributed by atoms with Crippen molar-refractivity contribution in [3.8, 4) is 0 Å². The van der Waals surface area contributed by atoms with Crippen LogP contribution >= 0.6 is 11.8 Å². The van der Waals surface area contributed by atoms with Gasteiger partial charge in [-0.2, -0.15) is 0 Å². The fourth-order valence-electron chi connectivity index (χ4n) is 3.01. The molecule has 1 aromatic carbocycles. The molecule has 4 nitrogen and oxygen atoms in total. The molecule has 1 saturated heterocycles. The molecule has 2 aliphatic rings. The van der Waals surface area contributed by atoms with Crippen molar-refractivity contribution in [1.82, 2.24) is 9.80 Å². The number of amides is 2. The predicted octanol–water partition coefficient (Wildman–Crippen LogP) is 2.42. The highest BCUT2D eigenvalue weighted by atomic mass is 32.2. The lowest BCUT2D eigenvalue weighted by molar-refractivity contribution is -0.134. The molecule has 2 amide bonds. The Morgan fingerprint density at radius 2 is 1.70 bits per heavy atom. The molecule has 0 aromatic heterocycles. The first-order chi connectivity index (χ1) is 11.2. The first-order valence-corrected chi connectivity index (χ1v) is 9.59. The Morgan fingerprint density at radius 3 is 2.35 bits per heavy atom. The monoisotopic (exact) mass is 332 g/mol. The molecular weight excluding hydrogens is 308 g/mol. The van der Waals surface area contributed by atoms with Crippen molar-refractivity contribution >= 4 is 23.6 Å². The molecule has 1 heterocycles. The Balaban J connectivity index is 1.53. The lowest BCUT2D eigenvalue weighted by atomic mass is 10.1. The highest BCUT2D eigenvalue weighted by Gasteiger charge is 2.34. The van der Waals surface area contributed by atoms with Crippen LogP contribution in [0.4, 0.5) is 0 Å². The average molecular weight is 332 g/mol. The standard InChI is InChI=1S/C18H24N2O2S/c1-23-16-7-3-14(4-8-16)13-17(21)19-9-2-10-20(12-11-19)18(22)15-5-6-15/h3-4,7-8,15H,2,5-6,9-13H2,1H3. The molecule has 1 aliphatic heterocycles. The molecule has 0 radical (unpaired) electrons. The van der Waals surface area contributed by atoms with Crippen molar-refractivity contribution in [3.63, 3.8) is 0 Å². The summed E-state index contributed by atoms with van der Waals surface area (Å²) in [6, 6.07) is 8.19. The van der Waals surface area contributed by atoms with Crippen molar-refractivity contribution in [3.05, 3.63) is 29.8 Å². The topological polar surface area (TPSA) is 40.6 Å². The molecule has 124 valence electrons. The largest absolute Gasteiger partial charge is 0.341 e. The minimum atomic E-state index is 0.169. The summed E-state index contributed by atoms with van der Waals surface area (Å²) in [4.78, 5) is 29.8. The number of benzene rings is 1. The van der Waals surface area contributed by atoms with Gasteiger partial charge in [-0.1, -0.05) is 12.1 Å². The average Bonchev–Trinajstić information content (AvgIpc) is 3.41. The maximum Gasteiger partial charge on any atom is 0.227 e. The lowest BCUT2D eigenvalue weighted by Gasteiger charge is -2.22. The molecule has 1 aromatic rings. The van der Waals surface area contributed by atoms with E-state index in [1.54, 1.807) is 11.8 Å². The first-order valence-electron chi connectivity index (χ1n) is 8.37. The molecule has 0 unspecified atom stereocenters. The Hall–Kier alpha value is -1.49. The van der Waals surface area contributed by atoms with E-state index in [1.165, 1.54) is 4.90 Å². The highest BCUT2D eigenvalue weighted by Crippen LogP contribution is 2.31. The summed E-state index contributed by atoms with van der Waals surface area (Å²) in [6.07, 6.45) is 5.47. The SMILES string of the molecule is CSc1ccc(CC(=O)N2CCCN(C(=O)C3CC3)CC2)cc1. The number of nitrogens with zero attached hydrogens (tertiary/aromatic N) is 2. The van der Waals surface area contributed by atoms with Crippen LogP contribution in [0, 0.1) is 5.92 Å². The normalized spacial score (nSPS) is 18.7. The summed E-state index contributed by atoms with van der Waals surface area (Å²) in [5.74, 6) is 0.738. The van der Waals surface area contributed by atoms with Crippen LogP contribution in [0.1, 0.15) is 24.8 Å². The predicted molar refractivity (Wildman–Crippen MR) is 92.4 cm³/mol. The van der Waals surface area contributed by atoms with Gasteiger partial charge in [-0.3, -0.25) is 9.59 Å². The van der Waals surface area contributed by atoms with Crippen molar-refractivity contribution in [2.24, 2.45) is 5.92 Å². The zero-order valence-electron chi connectivity index (χ0n) is 13.7. The van der Waals surface area contributed by atoms with Crippen LogP contribution in [0.2, 0.25) is 0 Å². The van der Waals surface area contributed by atoms with E-state index in [0.717, 1.165) is 37.9 Å². The second kappa shape index (κ2) is 7.39. The zero-order chi connectivity index (χ0) is 16.2. The molecule has 23 heavy (non-hydrogen) atoms. The van der Waals surface area contributed by atoms with Crippen LogP contribution in [0.5, 0.6) is 0 Å². The number of hydrogen-bond donors (Lipinski definition) is 0. The van der Waals surface area contributed by atoms with Crippen molar-refractivity contribution < 1.29 is 9.59 Å². The van der Waals surface area contributed by atoms with Crippen molar-refractivity contribution in [2.75, 3.05) is 32.4 Å². The molecule has 0 spiro atoms. The van der Waals surface area contributed by atoms with Crippen LogP contribution in [0.3, 0.4) is 0 Å². The number of hydrogen-bond acceptors (Lipinski definition) is 3. The van der Waals surface area contributed by atoms with Crippen LogP contribution in [0.25, 0.3) is 0 Å². The van der Waals surface area contributed by atoms with E-state index in [4.69, 9.17) is 0 Å². The van der Waals surface area contributed by atoms with Crippen LogP contribution in [-0.2, 0) is 16.0 Å². The van der Waals surface area contributed by atoms with E-state index in [0.29, 0.717) is 25.4 Å². The third-order valence-electron chi connectivity index (χ3n) is 4.60. The fraction of sp³-hybridized carbons (Fsp3) is 0.556. The molecule has 0 bridgehead atoms. The molecular formula is C18H24N2O2S. The van der Waals surface area contributed by atoms with E-state index < -0.39 is 0 Å². The number of rotatable bonds is 4. The summed E-state index contributed by atoms with van der Waals surface area (Å²) in [5, 5.41) is 0. The van der Waals surface area contributed by atoms with Gasteiger partial charge in [-0.15, -0.1) is 11.8 Å². The Bertz CT molecular complexity index is 569. The maximum absolute atomic E-state index is 12.5. The minimum absolute atomic E-state index is 0.169. The van der Waals surface area contributed by atoms with Gasteiger partial charge in [0.25, 0.3) is 0 Å². The zero-order valence-corrected chi connectivity index (χ0v) is 14.5. The third kappa shape index (κ3) is 4.28. The quantitative estimate of drug-likeness (QED) is 0.795. The van der Waals surface area contributed by atoms with E-state index in [-0.39, 0.29) is 11.8 Å². The van der Waals surface area contributed by atoms with Crippen molar-refractivity contribution in [2.45, 2.75) is 30.6 Å².